The van der Waals surface area contributed by atoms with Gasteiger partial charge in [-0.15, -0.1) is 0 Å². The van der Waals surface area contributed by atoms with Gasteiger partial charge in [-0.1, -0.05) is 48.5 Å². The standard InChI is InChI=1S/C31H40N2O5/c1-35-29-15-14-26(30(36-2)31(29)37-3)27(34)23-33-19-17-32(18-20-33)16-9-21-38-28-13-8-7-12-25(28)22-24-10-5-4-6-11-24/h4-8,10-15,27,34H,9,16-23H2,1-3H3. The van der Waals surface area contributed by atoms with Crippen LogP contribution in [0.1, 0.15) is 29.2 Å². The quantitative estimate of drug-likeness (QED) is 0.335. The molecule has 1 aliphatic heterocycles. The van der Waals surface area contributed by atoms with Gasteiger partial charge in [-0.25, -0.2) is 0 Å². The average Bonchev–Trinajstić information content (AvgIpc) is 2.96. The predicted molar refractivity (Wildman–Crippen MR) is 150 cm³/mol. The van der Waals surface area contributed by atoms with Crippen molar-refractivity contribution in [3.8, 4) is 23.0 Å². The zero-order valence-electron chi connectivity index (χ0n) is 22.8. The van der Waals surface area contributed by atoms with E-state index in [1.54, 1.807) is 27.4 Å². The number of hydrogen-bond donors (Lipinski definition) is 1. The molecule has 0 spiro atoms. The number of ether oxygens (including phenoxy) is 4. The maximum atomic E-state index is 11.0. The highest BCUT2D eigenvalue weighted by atomic mass is 16.5. The van der Waals surface area contributed by atoms with E-state index in [9.17, 15) is 5.11 Å². The molecule has 7 heteroatoms. The summed E-state index contributed by atoms with van der Waals surface area (Å²) in [5.41, 5.74) is 3.21. The maximum absolute atomic E-state index is 11.0. The van der Waals surface area contributed by atoms with Gasteiger partial charge in [0.25, 0.3) is 0 Å². The first-order valence-corrected chi connectivity index (χ1v) is 13.3. The van der Waals surface area contributed by atoms with Gasteiger partial charge in [0.15, 0.2) is 11.5 Å². The highest BCUT2D eigenvalue weighted by Crippen LogP contribution is 2.42. The van der Waals surface area contributed by atoms with Gasteiger partial charge in [0, 0.05) is 51.3 Å². The molecule has 1 unspecified atom stereocenters. The van der Waals surface area contributed by atoms with Crippen molar-refractivity contribution in [1.82, 2.24) is 9.80 Å². The minimum atomic E-state index is -0.680. The molecule has 1 aliphatic rings. The topological polar surface area (TPSA) is 63.6 Å². The number of rotatable bonds is 13. The zero-order chi connectivity index (χ0) is 26.7. The molecule has 204 valence electrons. The van der Waals surface area contributed by atoms with Gasteiger partial charge in [0.2, 0.25) is 5.75 Å². The van der Waals surface area contributed by atoms with E-state index in [0.29, 0.717) is 36.0 Å². The number of para-hydroxylation sites is 1. The average molecular weight is 521 g/mol. The van der Waals surface area contributed by atoms with Crippen LogP contribution < -0.4 is 18.9 Å². The molecule has 7 nitrogen and oxygen atoms in total. The molecule has 0 saturated carbocycles. The molecule has 1 atom stereocenters. The summed E-state index contributed by atoms with van der Waals surface area (Å²) >= 11 is 0. The molecular weight excluding hydrogens is 480 g/mol. The third-order valence-corrected chi connectivity index (χ3v) is 7.08. The first kappa shape index (κ1) is 27.8. The van der Waals surface area contributed by atoms with E-state index < -0.39 is 6.10 Å². The Hall–Kier alpha value is -3.26. The van der Waals surface area contributed by atoms with Crippen LogP contribution in [0.25, 0.3) is 0 Å². The van der Waals surface area contributed by atoms with Crippen LogP contribution in [0.4, 0.5) is 0 Å². The van der Waals surface area contributed by atoms with E-state index in [-0.39, 0.29) is 0 Å². The van der Waals surface area contributed by atoms with E-state index in [1.165, 1.54) is 11.1 Å². The minimum absolute atomic E-state index is 0.501. The van der Waals surface area contributed by atoms with Gasteiger partial charge in [-0.05, 0) is 35.7 Å². The van der Waals surface area contributed by atoms with E-state index >= 15 is 0 Å². The Kier molecular flexibility index (Phi) is 10.3. The number of hydrogen-bond acceptors (Lipinski definition) is 7. The number of aliphatic hydroxyl groups excluding tert-OH is 1. The Bertz CT molecular complexity index is 1130. The lowest BCUT2D eigenvalue weighted by molar-refractivity contribution is 0.0694. The van der Waals surface area contributed by atoms with Crippen LogP contribution in [0.3, 0.4) is 0 Å². The Morgan fingerprint density at radius 1 is 0.737 bits per heavy atom. The largest absolute Gasteiger partial charge is 0.493 e. The second-order valence-corrected chi connectivity index (χ2v) is 9.55. The second kappa shape index (κ2) is 14.0. The fourth-order valence-corrected chi connectivity index (χ4v) is 5.00. The van der Waals surface area contributed by atoms with Crippen molar-refractivity contribution in [3.05, 3.63) is 83.4 Å². The van der Waals surface area contributed by atoms with Crippen molar-refractivity contribution < 1.29 is 24.1 Å². The summed E-state index contributed by atoms with van der Waals surface area (Å²) < 4.78 is 22.6. The normalized spacial score (nSPS) is 15.2. The van der Waals surface area contributed by atoms with Gasteiger partial charge in [0.1, 0.15) is 5.75 Å². The third kappa shape index (κ3) is 7.19. The van der Waals surface area contributed by atoms with Gasteiger partial charge in [-0.3, -0.25) is 4.90 Å². The molecule has 3 aromatic carbocycles. The first-order valence-electron chi connectivity index (χ1n) is 13.3. The summed E-state index contributed by atoms with van der Waals surface area (Å²) in [5, 5.41) is 11.0. The van der Waals surface area contributed by atoms with Crippen LogP contribution in [0.15, 0.2) is 66.7 Å². The number of methoxy groups -OCH3 is 3. The number of piperazine rings is 1. The van der Waals surface area contributed by atoms with Gasteiger partial charge in [-0.2, -0.15) is 0 Å². The minimum Gasteiger partial charge on any atom is -0.493 e. The predicted octanol–water partition coefficient (Wildman–Crippen LogP) is 4.42. The molecule has 0 aromatic heterocycles. The molecule has 0 amide bonds. The maximum Gasteiger partial charge on any atom is 0.203 e. The molecule has 0 aliphatic carbocycles. The summed E-state index contributed by atoms with van der Waals surface area (Å²) in [6.45, 7) is 6.01. The van der Waals surface area contributed by atoms with Crippen LogP contribution in [0, 0.1) is 0 Å². The fourth-order valence-electron chi connectivity index (χ4n) is 5.00. The molecule has 1 heterocycles. The Balaban J connectivity index is 1.21. The molecule has 3 aromatic rings. The fraction of sp³-hybridized carbons (Fsp3) is 0.419. The molecule has 38 heavy (non-hydrogen) atoms. The Morgan fingerprint density at radius 3 is 2.13 bits per heavy atom. The molecule has 4 rings (SSSR count). The van der Waals surface area contributed by atoms with Crippen LogP contribution in [0.2, 0.25) is 0 Å². The van der Waals surface area contributed by atoms with Gasteiger partial charge >= 0.3 is 0 Å². The lowest BCUT2D eigenvalue weighted by Crippen LogP contribution is -2.47. The summed E-state index contributed by atoms with van der Waals surface area (Å²) in [7, 11) is 4.74. The highest BCUT2D eigenvalue weighted by Gasteiger charge is 2.24. The van der Waals surface area contributed by atoms with E-state index in [4.69, 9.17) is 18.9 Å². The smallest absolute Gasteiger partial charge is 0.203 e. The lowest BCUT2D eigenvalue weighted by Gasteiger charge is -2.35. The van der Waals surface area contributed by atoms with E-state index in [2.05, 4.69) is 52.3 Å². The molecule has 1 fully saturated rings. The molecule has 1 N–H and O–H groups in total. The number of benzene rings is 3. The second-order valence-electron chi connectivity index (χ2n) is 9.55. The van der Waals surface area contributed by atoms with Crippen molar-refractivity contribution in [2.45, 2.75) is 18.9 Å². The van der Waals surface area contributed by atoms with E-state index in [0.717, 1.165) is 51.3 Å². The first-order chi connectivity index (χ1) is 18.6. The highest BCUT2D eigenvalue weighted by molar-refractivity contribution is 5.56. The van der Waals surface area contributed by atoms with Crippen LogP contribution >= 0.6 is 0 Å². The monoisotopic (exact) mass is 520 g/mol. The van der Waals surface area contributed by atoms with Crippen molar-refractivity contribution in [2.75, 3.05) is 67.2 Å². The molecule has 0 bridgehead atoms. The van der Waals surface area contributed by atoms with Crippen molar-refractivity contribution in [3.63, 3.8) is 0 Å². The number of β-amino-alcohol motifs (C(OH)–C–C–N with tert-alkyl or cyclic N) is 1. The number of aliphatic hydroxyl groups is 1. The molecule has 1 saturated heterocycles. The van der Waals surface area contributed by atoms with Crippen molar-refractivity contribution in [2.24, 2.45) is 0 Å². The van der Waals surface area contributed by atoms with Gasteiger partial charge < -0.3 is 29.0 Å². The summed E-state index contributed by atoms with van der Waals surface area (Å²) in [5.74, 6) is 2.57. The number of nitrogens with zero attached hydrogens (tertiary/aromatic N) is 2. The van der Waals surface area contributed by atoms with Crippen LogP contribution in [-0.2, 0) is 6.42 Å². The summed E-state index contributed by atoms with van der Waals surface area (Å²) in [4.78, 5) is 4.77. The Morgan fingerprint density at radius 2 is 1.42 bits per heavy atom. The molecule has 0 radical (unpaired) electrons. The molecular formula is C31H40N2O5. The van der Waals surface area contributed by atoms with Gasteiger partial charge in [0.05, 0.1) is 34.0 Å². The Labute approximate surface area is 226 Å². The lowest BCUT2D eigenvalue weighted by atomic mass is 10.0. The zero-order valence-corrected chi connectivity index (χ0v) is 22.8. The van der Waals surface area contributed by atoms with Crippen LogP contribution in [0.5, 0.6) is 23.0 Å². The van der Waals surface area contributed by atoms with Crippen LogP contribution in [-0.4, -0.2) is 82.1 Å². The van der Waals surface area contributed by atoms with Crippen molar-refractivity contribution >= 4 is 0 Å². The SMILES string of the molecule is COc1ccc(C(O)CN2CCN(CCCOc3ccccc3Cc3ccccc3)CC2)c(OC)c1OC. The summed E-state index contributed by atoms with van der Waals surface area (Å²) in [6.07, 6.45) is 1.17. The van der Waals surface area contributed by atoms with E-state index in [1.807, 2.05) is 18.2 Å². The summed E-state index contributed by atoms with van der Waals surface area (Å²) in [6, 6.07) is 22.5. The van der Waals surface area contributed by atoms with Crippen molar-refractivity contribution in [1.29, 1.82) is 0 Å². The third-order valence-electron chi connectivity index (χ3n) is 7.08.